The summed E-state index contributed by atoms with van der Waals surface area (Å²) < 4.78 is 6.34. The van der Waals surface area contributed by atoms with Gasteiger partial charge in [-0.3, -0.25) is 0 Å². The first-order valence-electron chi connectivity index (χ1n) is 3.30. The van der Waals surface area contributed by atoms with Gasteiger partial charge in [-0.25, -0.2) is 0 Å². The van der Waals surface area contributed by atoms with Crippen LogP contribution in [0.1, 0.15) is 10.4 Å². The third kappa shape index (κ3) is 2.34. The lowest BCUT2D eigenvalue weighted by Crippen LogP contribution is -2.23. The van der Waals surface area contributed by atoms with E-state index in [2.05, 4.69) is 15.9 Å². The maximum atomic E-state index is 10.7. The third-order valence-electron chi connectivity index (χ3n) is 1.43. The molecule has 0 amide bonds. The standard InChI is InChI=1S/C8H6BrIO3/c1-13-7-5(8(11)12)2-4(10)3-6(7)9/h2-3H,1H3,(H,11,12)/p-1. The third-order valence-corrected chi connectivity index (χ3v) is 2.64. The Morgan fingerprint density at radius 2 is 2.23 bits per heavy atom. The van der Waals surface area contributed by atoms with Crippen LogP contribution in [0, 0.1) is 3.57 Å². The lowest BCUT2D eigenvalue weighted by molar-refractivity contribution is -0.255. The fourth-order valence-electron chi connectivity index (χ4n) is 0.919. The predicted octanol–water partition coefficient (Wildman–Crippen LogP) is 1.43. The number of hydrogen-bond acceptors (Lipinski definition) is 3. The van der Waals surface area contributed by atoms with Crippen LogP contribution >= 0.6 is 38.5 Å². The molecule has 1 aromatic carbocycles. The largest absolute Gasteiger partial charge is 0.545 e. The molecular weight excluding hydrogens is 351 g/mol. The number of carboxylic acids is 1. The summed E-state index contributed by atoms with van der Waals surface area (Å²) in [6, 6.07) is 3.27. The summed E-state index contributed by atoms with van der Waals surface area (Å²) in [6.45, 7) is 0. The van der Waals surface area contributed by atoms with E-state index in [0.29, 0.717) is 10.2 Å². The SMILES string of the molecule is COc1c(Br)cc(I)cc1C(=O)[O-]. The van der Waals surface area contributed by atoms with Crippen molar-refractivity contribution in [2.75, 3.05) is 7.11 Å². The van der Waals surface area contributed by atoms with Crippen LogP contribution in [-0.4, -0.2) is 13.1 Å². The van der Waals surface area contributed by atoms with Gasteiger partial charge >= 0.3 is 0 Å². The van der Waals surface area contributed by atoms with Gasteiger partial charge in [0.15, 0.2) is 0 Å². The van der Waals surface area contributed by atoms with Crippen LogP contribution in [0.5, 0.6) is 5.75 Å². The van der Waals surface area contributed by atoms with Gasteiger partial charge in [0.05, 0.1) is 17.6 Å². The topological polar surface area (TPSA) is 49.4 Å². The molecule has 1 rings (SSSR count). The predicted molar refractivity (Wildman–Crippen MR) is 57.7 cm³/mol. The Kier molecular flexibility index (Phi) is 3.55. The minimum Gasteiger partial charge on any atom is -0.545 e. The summed E-state index contributed by atoms with van der Waals surface area (Å²) in [6.07, 6.45) is 0. The van der Waals surface area contributed by atoms with Gasteiger partial charge in [-0.2, -0.15) is 0 Å². The molecule has 1 aromatic rings. The molecule has 5 heteroatoms. The van der Waals surface area contributed by atoms with Crippen LogP contribution in [0.25, 0.3) is 0 Å². The maximum Gasteiger partial charge on any atom is 0.142 e. The van der Waals surface area contributed by atoms with Gasteiger partial charge in [-0.15, -0.1) is 0 Å². The zero-order chi connectivity index (χ0) is 10.0. The zero-order valence-corrected chi connectivity index (χ0v) is 10.4. The number of rotatable bonds is 2. The quantitative estimate of drug-likeness (QED) is 0.754. The Labute approximate surface area is 97.4 Å². The van der Waals surface area contributed by atoms with Gasteiger partial charge in [-0.1, -0.05) is 0 Å². The highest BCUT2D eigenvalue weighted by atomic mass is 127. The minimum absolute atomic E-state index is 0.0567. The number of carboxylic acid groups (broad SMARTS) is 1. The average molecular weight is 356 g/mol. The van der Waals surface area contributed by atoms with Gasteiger partial charge in [0.25, 0.3) is 0 Å². The van der Waals surface area contributed by atoms with Gasteiger partial charge in [0.2, 0.25) is 0 Å². The van der Waals surface area contributed by atoms with E-state index >= 15 is 0 Å². The molecule has 0 N–H and O–H groups in total. The summed E-state index contributed by atoms with van der Waals surface area (Å²) in [5.74, 6) is -0.948. The molecule has 70 valence electrons. The Morgan fingerprint density at radius 3 is 2.69 bits per heavy atom. The molecule has 0 saturated carbocycles. The van der Waals surface area contributed by atoms with Crippen molar-refractivity contribution in [2.45, 2.75) is 0 Å². The molecule has 3 nitrogen and oxygen atoms in total. The maximum absolute atomic E-state index is 10.7. The second-order valence-corrected chi connectivity index (χ2v) is 4.36. The van der Waals surface area contributed by atoms with Crippen LogP contribution in [-0.2, 0) is 0 Å². The van der Waals surface area contributed by atoms with Gasteiger partial charge in [-0.05, 0) is 50.7 Å². The number of halogens is 2. The summed E-state index contributed by atoms with van der Waals surface area (Å²) in [4.78, 5) is 10.7. The van der Waals surface area contributed by atoms with E-state index < -0.39 is 5.97 Å². The summed E-state index contributed by atoms with van der Waals surface area (Å²) in [7, 11) is 1.42. The monoisotopic (exact) mass is 355 g/mol. The van der Waals surface area contributed by atoms with E-state index in [9.17, 15) is 9.90 Å². The van der Waals surface area contributed by atoms with Crippen molar-refractivity contribution in [3.8, 4) is 5.75 Å². The summed E-state index contributed by atoms with van der Waals surface area (Å²) in [5, 5.41) is 10.7. The Morgan fingerprint density at radius 1 is 1.62 bits per heavy atom. The summed E-state index contributed by atoms with van der Waals surface area (Å²) >= 11 is 5.23. The number of hydrogen-bond donors (Lipinski definition) is 0. The second kappa shape index (κ2) is 4.28. The van der Waals surface area contributed by atoms with E-state index in [0.717, 1.165) is 3.57 Å². The van der Waals surface area contributed by atoms with Crippen molar-refractivity contribution in [3.63, 3.8) is 0 Å². The Hall–Kier alpha value is -0.300. The van der Waals surface area contributed by atoms with E-state index in [1.807, 2.05) is 22.6 Å². The first-order chi connectivity index (χ1) is 6.06. The first-order valence-corrected chi connectivity index (χ1v) is 5.18. The Bertz CT molecular complexity index is 351. The molecule has 0 radical (unpaired) electrons. The average Bonchev–Trinajstić information content (AvgIpc) is 2.02. The van der Waals surface area contributed by atoms with Crippen LogP contribution in [0.3, 0.4) is 0 Å². The van der Waals surface area contributed by atoms with E-state index in [1.54, 1.807) is 6.07 Å². The van der Waals surface area contributed by atoms with Crippen molar-refractivity contribution >= 4 is 44.5 Å². The number of carbonyl (C=O) groups is 1. The minimum atomic E-state index is -1.24. The molecule has 0 unspecified atom stereocenters. The van der Waals surface area contributed by atoms with Crippen LogP contribution in [0.4, 0.5) is 0 Å². The van der Waals surface area contributed by atoms with Crippen molar-refractivity contribution in [3.05, 3.63) is 25.7 Å². The molecule has 0 fully saturated rings. The highest BCUT2D eigenvalue weighted by molar-refractivity contribution is 14.1. The smallest absolute Gasteiger partial charge is 0.142 e. The number of benzene rings is 1. The first kappa shape index (κ1) is 10.8. The Balaban J connectivity index is 3.38. The molecule has 0 aliphatic heterocycles. The molecule has 0 saturated heterocycles. The molecule has 0 aliphatic carbocycles. The van der Waals surface area contributed by atoms with Crippen LogP contribution < -0.4 is 9.84 Å². The number of aromatic carboxylic acids is 1. The second-order valence-electron chi connectivity index (χ2n) is 2.26. The molecular formula is C8H5BrIO3-. The molecule has 0 spiro atoms. The van der Waals surface area contributed by atoms with E-state index in [-0.39, 0.29) is 5.56 Å². The van der Waals surface area contributed by atoms with E-state index in [4.69, 9.17) is 4.74 Å². The van der Waals surface area contributed by atoms with Crippen molar-refractivity contribution in [1.29, 1.82) is 0 Å². The van der Waals surface area contributed by atoms with Gasteiger partial charge in [0, 0.05) is 9.13 Å². The van der Waals surface area contributed by atoms with Crippen LogP contribution in [0.2, 0.25) is 0 Å². The molecule has 0 aromatic heterocycles. The number of methoxy groups -OCH3 is 1. The molecule has 0 heterocycles. The number of carbonyl (C=O) groups excluding carboxylic acids is 1. The summed E-state index contributed by atoms with van der Waals surface area (Å²) in [5.41, 5.74) is 0.0567. The van der Waals surface area contributed by atoms with Crippen molar-refractivity contribution in [2.24, 2.45) is 0 Å². The molecule has 13 heavy (non-hydrogen) atoms. The lowest BCUT2D eigenvalue weighted by Gasteiger charge is -2.11. The lowest BCUT2D eigenvalue weighted by atomic mass is 10.2. The van der Waals surface area contributed by atoms with E-state index in [1.165, 1.54) is 13.2 Å². The fraction of sp³-hybridized carbons (Fsp3) is 0.125. The fourth-order valence-corrected chi connectivity index (χ4v) is 2.59. The molecule has 0 aliphatic rings. The highest BCUT2D eigenvalue weighted by Crippen LogP contribution is 2.30. The van der Waals surface area contributed by atoms with Gasteiger partial charge in [0.1, 0.15) is 5.75 Å². The normalized spacial score (nSPS) is 9.77. The van der Waals surface area contributed by atoms with Gasteiger partial charge < -0.3 is 14.6 Å². The highest BCUT2D eigenvalue weighted by Gasteiger charge is 2.09. The number of ether oxygens (including phenoxy) is 1. The van der Waals surface area contributed by atoms with Crippen molar-refractivity contribution in [1.82, 2.24) is 0 Å². The molecule has 0 atom stereocenters. The molecule has 0 bridgehead atoms. The van der Waals surface area contributed by atoms with Crippen molar-refractivity contribution < 1.29 is 14.6 Å². The van der Waals surface area contributed by atoms with Crippen LogP contribution in [0.15, 0.2) is 16.6 Å². The zero-order valence-electron chi connectivity index (χ0n) is 6.64.